The second kappa shape index (κ2) is 7.87. The molecule has 3 N–H and O–H groups in total. The van der Waals surface area contributed by atoms with E-state index in [-0.39, 0.29) is 22.0 Å². The van der Waals surface area contributed by atoms with Gasteiger partial charge in [0.25, 0.3) is 5.91 Å². The summed E-state index contributed by atoms with van der Waals surface area (Å²) in [4.78, 5) is 14.4. The zero-order chi connectivity index (χ0) is 16.2. The van der Waals surface area contributed by atoms with E-state index in [0.717, 1.165) is 13.0 Å². The van der Waals surface area contributed by atoms with E-state index in [4.69, 9.17) is 28.9 Å². The number of nitrogens with zero attached hydrogens (tertiary/aromatic N) is 1. The first-order chi connectivity index (χ1) is 9.70. The molecule has 1 rings (SSSR count). The van der Waals surface area contributed by atoms with Gasteiger partial charge in [0.2, 0.25) is 0 Å². The van der Waals surface area contributed by atoms with E-state index in [1.54, 1.807) is 6.07 Å². The Morgan fingerprint density at radius 2 is 1.95 bits per heavy atom. The summed E-state index contributed by atoms with van der Waals surface area (Å²) in [5.41, 5.74) is 6.48. The number of nitrogens with two attached hydrogens (primary N) is 1. The van der Waals surface area contributed by atoms with Gasteiger partial charge in [0.1, 0.15) is 0 Å². The molecule has 1 amide bonds. The predicted molar refractivity (Wildman–Crippen MR) is 90.1 cm³/mol. The number of anilines is 1. The molecular weight excluding hydrogens is 309 g/mol. The van der Waals surface area contributed by atoms with Crippen molar-refractivity contribution in [1.29, 1.82) is 0 Å². The van der Waals surface area contributed by atoms with Crippen LogP contribution in [0.4, 0.5) is 5.69 Å². The molecule has 0 aromatic heterocycles. The molecular formula is C15H23Cl2N3O. The number of hydrogen-bond donors (Lipinski definition) is 2. The topological polar surface area (TPSA) is 58.4 Å². The summed E-state index contributed by atoms with van der Waals surface area (Å²) in [6, 6.07) is 3.16. The first-order valence-electron chi connectivity index (χ1n) is 6.90. The number of likely N-dealkylation sites (N-methyl/N-ethyl adjacent to an activating group) is 1. The fourth-order valence-electron chi connectivity index (χ4n) is 2.20. The van der Waals surface area contributed by atoms with Gasteiger partial charge < -0.3 is 16.0 Å². The highest BCUT2D eigenvalue weighted by molar-refractivity contribution is 6.43. The van der Waals surface area contributed by atoms with Crippen LogP contribution < -0.4 is 11.1 Å². The van der Waals surface area contributed by atoms with Crippen molar-refractivity contribution in [3.8, 4) is 0 Å². The summed E-state index contributed by atoms with van der Waals surface area (Å²) in [5, 5.41) is 3.60. The Hall–Kier alpha value is -0.970. The Bertz CT molecular complexity index is 471. The zero-order valence-corrected chi connectivity index (χ0v) is 14.4. The van der Waals surface area contributed by atoms with E-state index in [1.165, 1.54) is 6.07 Å². The Kier molecular flexibility index (Phi) is 6.78. The van der Waals surface area contributed by atoms with Crippen LogP contribution >= 0.6 is 23.2 Å². The minimum Gasteiger partial charge on any atom is -0.397 e. The van der Waals surface area contributed by atoms with Gasteiger partial charge in [-0.05, 0) is 38.6 Å². The largest absolute Gasteiger partial charge is 0.397 e. The monoisotopic (exact) mass is 331 g/mol. The third-order valence-corrected chi connectivity index (χ3v) is 3.81. The fraction of sp³-hybridized carbons (Fsp3) is 0.533. The second-order valence-electron chi connectivity index (χ2n) is 5.92. The number of amides is 1. The number of nitrogen functional groups attached to an aromatic ring is 1. The van der Waals surface area contributed by atoms with Crippen LogP contribution in [0, 0.1) is 5.92 Å². The van der Waals surface area contributed by atoms with Gasteiger partial charge in [-0.3, -0.25) is 4.79 Å². The number of benzene rings is 1. The highest BCUT2D eigenvalue weighted by Crippen LogP contribution is 2.29. The van der Waals surface area contributed by atoms with Gasteiger partial charge in [0.05, 0.1) is 15.7 Å². The molecule has 6 heteroatoms. The summed E-state index contributed by atoms with van der Waals surface area (Å²) < 4.78 is 0. The van der Waals surface area contributed by atoms with Crippen molar-refractivity contribution in [1.82, 2.24) is 10.2 Å². The van der Waals surface area contributed by atoms with Crippen molar-refractivity contribution < 1.29 is 4.79 Å². The van der Waals surface area contributed by atoms with Crippen molar-refractivity contribution in [3.05, 3.63) is 27.7 Å². The first kappa shape index (κ1) is 18.1. The van der Waals surface area contributed by atoms with E-state index < -0.39 is 0 Å². The molecule has 0 bridgehead atoms. The third kappa shape index (κ3) is 5.73. The summed E-state index contributed by atoms with van der Waals surface area (Å²) in [5.74, 6) is 0.307. The van der Waals surface area contributed by atoms with Crippen LogP contribution in [0.1, 0.15) is 30.6 Å². The number of carbonyl (C=O) groups excluding carboxylic acids is 1. The van der Waals surface area contributed by atoms with E-state index in [9.17, 15) is 4.79 Å². The average molecular weight is 332 g/mol. The molecule has 1 aromatic carbocycles. The lowest BCUT2D eigenvalue weighted by molar-refractivity contribution is 0.0924. The highest BCUT2D eigenvalue weighted by atomic mass is 35.5. The SMILES string of the molecule is CC(C)CC(CN(C)C)NC(=O)c1cc(N)c(Cl)c(Cl)c1. The van der Waals surface area contributed by atoms with Crippen LogP contribution in [0.5, 0.6) is 0 Å². The first-order valence-corrected chi connectivity index (χ1v) is 7.66. The molecule has 1 aromatic rings. The maximum atomic E-state index is 12.3. The molecule has 0 fully saturated rings. The Labute approximate surface area is 136 Å². The lowest BCUT2D eigenvalue weighted by Crippen LogP contribution is -2.42. The summed E-state index contributed by atoms with van der Waals surface area (Å²) >= 11 is 11.9. The zero-order valence-electron chi connectivity index (χ0n) is 12.9. The molecule has 0 saturated carbocycles. The van der Waals surface area contributed by atoms with Crippen LogP contribution in [0.3, 0.4) is 0 Å². The Morgan fingerprint density at radius 1 is 1.33 bits per heavy atom. The van der Waals surface area contributed by atoms with Gasteiger partial charge in [0, 0.05) is 18.2 Å². The van der Waals surface area contributed by atoms with E-state index in [2.05, 4.69) is 24.1 Å². The quantitative estimate of drug-likeness (QED) is 0.786. The van der Waals surface area contributed by atoms with Gasteiger partial charge in [-0.15, -0.1) is 0 Å². The van der Waals surface area contributed by atoms with Crippen molar-refractivity contribution in [2.45, 2.75) is 26.3 Å². The number of rotatable bonds is 6. The van der Waals surface area contributed by atoms with Crippen LogP contribution in [0.15, 0.2) is 12.1 Å². The number of nitrogens with one attached hydrogen (secondary N) is 1. The van der Waals surface area contributed by atoms with Gasteiger partial charge in [-0.25, -0.2) is 0 Å². The molecule has 21 heavy (non-hydrogen) atoms. The third-order valence-electron chi connectivity index (χ3n) is 3.00. The number of halogens is 2. The van der Waals surface area contributed by atoms with E-state index in [0.29, 0.717) is 17.2 Å². The molecule has 1 unspecified atom stereocenters. The number of carbonyl (C=O) groups is 1. The number of hydrogen-bond acceptors (Lipinski definition) is 3. The molecule has 0 spiro atoms. The summed E-state index contributed by atoms with van der Waals surface area (Å²) in [6.45, 7) is 5.04. The molecule has 0 radical (unpaired) electrons. The molecule has 4 nitrogen and oxygen atoms in total. The Balaban J connectivity index is 2.86. The maximum absolute atomic E-state index is 12.3. The van der Waals surface area contributed by atoms with Crippen LogP contribution in [0.25, 0.3) is 0 Å². The summed E-state index contributed by atoms with van der Waals surface area (Å²) in [6.07, 6.45) is 0.903. The normalized spacial score (nSPS) is 12.8. The van der Waals surface area contributed by atoms with Crippen molar-refractivity contribution in [2.75, 3.05) is 26.4 Å². The molecule has 118 valence electrons. The minimum absolute atomic E-state index is 0.0724. The molecule has 1 atom stereocenters. The van der Waals surface area contributed by atoms with Crippen molar-refractivity contribution in [3.63, 3.8) is 0 Å². The van der Waals surface area contributed by atoms with Crippen molar-refractivity contribution >= 4 is 34.8 Å². The average Bonchev–Trinajstić information content (AvgIpc) is 2.33. The lowest BCUT2D eigenvalue weighted by atomic mass is 10.0. The van der Waals surface area contributed by atoms with E-state index in [1.807, 2.05) is 14.1 Å². The molecule has 0 aliphatic carbocycles. The highest BCUT2D eigenvalue weighted by Gasteiger charge is 2.17. The Morgan fingerprint density at radius 3 is 2.43 bits per heavy atom. The van der Waals surface area contributed by atoms with Gasteiger partial charge >= 0.3 is 0 Å². The summed E-state index contributed by atoms with van der Waals surface area (Å²) in [7, 11) is 3.97. The standard InChI is InChI=1S/C15H23Cl2N3O/c1-9(2)5-11(8-20(3)4)19-15(21)10-6-12(16)14(17)13(18)7-10/h6-7,9,11H,5,8,18H2,1-4H3,(H,19,21). The fourth-order valence-corrected chi connectivity index (χ4v) is 2.53. The molecule has 0 heterocycles. The van der Waals surface area contributed by atoms with Gasteiger partial charge in [-0.2, -0.15) is 0 Å². The predicted octanol–water partition coefficient (Wildman–Crippen LogP) is 3.28. The van der Waals surface area contributed by atoms with Crippen LogP contribution in [-0.2, 0) is 0 Å². The van der Waals surface area contributed by atoms with Gasteiger partial charge in [0.15, 0.2) is 0 Å². The van der Waals surface area contributed by atoms with Crippen LogP contribution in [-0.4, -0.2) is 37.5 Å². The molecule has 0 saturated heterocycles. The molecule has 0 aliphatic heterocycles. The van der Waals surface area contributed by atoms with Crippen molar-refractivity contribution in [2.24, 2.45) is 5.92 Å². The van der Waals surface area contributed by atoms with Crippen LogP contribution in [0.2, 0.25) is 10.0 Å². The smallest absolute Gasteiger partial charge is 0.251 e. The maximum Gasteiger partial charge on any atom is 0.251 e. The minimum atomic E-state index is -0.187. The molecule has 0 aliphatic rings. The second-order valence-corrected chi connectivity index (χ2v) is 6.71. The van der Waals surface area contributed by atoms with E-state index >= 15 is 0 Å². The van der Waals surface area contributed by atoms with Gasteiger partial charge in [-0.1, -0.05) is 37.0 Å². The lowest BCUT2D eigenvalue weighted by Gasteiger charge is -2.24.